The molecule has 0 saturated carbocycles. The van der Waals surface area contributed by atoms with Crippen molar-refractivity contribution >= 4 is 29.2 Å². The van der Waals surface area contributed by atoms with Gasteiger partial charge in [0.15, 0.2) is 5.84 Å². The first-order valence-electron chi connectivity index (χ1n) is 7.85. The third-order valence-electron chi connectivity index (χ3n) is 4.11. The summed E-state index contributed by atoms with van der Waals surface area (Å²) in [6.07, 6.45) is 2.06. The molecular formula is C17H18ClN5. The van der Waals surface area contributed by atoms with E-state index in [9.17, 15) is 0 Å². The summed E-state index contributed by atoms with van der Waals surface area (Å²) >= 11 is 6.35. The lowest BCUT2D eigenvalue weighted by Gasteiger charge is -2.33. The molecule has 6 heteroatoms. The van der Waals surface area contributed by atoms with Gasteiger partial charge in [0.25, 0.3) is 0 Å². The Bertz CT molecular complexity index is 775. The minimum absolute atomic E-state index is 0.299. The van der Waals surface area contributed by atoms with Gasteiger partial charge in [-0.2, -0.15) is 0 Å². The quantitative estimate of drug-likeness (QED) is 0.856. The van der Waals surface area contributed by atoms with Crippen LogP contribution in [0.2, 0.25) is 5.02 Å². The molecule has 0 fully saturated rings. The summed E-state index contributed by atoms with van der Waals surface area (Å²) in [6, 6.07) is 7.90. The number of hydrogen-bond donors (Lipinski definition) is 0. The Balaban J connectivity index is 1.74. The molecule has 3 aliphatic rings. The molecule has 3 heterocycles. The highest BCUT2D eigenvalue weighted by molar-refractivity contribution is 6.31. The Morgan fingerprint density at radius 2 is 2.04 bits per heavy atom. The van der Waals surface area contributed by atoms with Gasteiger partial charge in [-0.3, -0.25) is 9.89 Å². The van der Waals surface area contributed by atoms with E-state index in [2.05, 4.69) is 39.8 Å². The molecule has 118 valence electrons. The minimum Gasteiger partial charge on any atom is -0.315 e. The van der Waals surface area contributed by atoms with Crippen molar-refractivity contribution < 1.29 is 0 Å². The van der Waals surface area contributed by atoms with Crippen LogP contribution in [-0.4, -0.2) is 40.5 Å². The SMILES string of the molecule is CC(C)C1=NC2=CN3CCN=C3N(Cc3ccccc3Cl)C2=N1. The smallest absolute Gasteiger partial charge is 0.207 e. The van der Waals surface area contributed by atoms with Gasteiger partial charge in [0, 0.05) is 23.7 Å². The summed E-state index contributed by atoms with van der Waals surface area (Å²) in [5, 5.41) is 0.761. The van der Waals surface area contributed by atoms with E-state index in [-0.39, 0.29) is 0 Å². The number of aliphatic imine (C=N–C) groups is 3. The normalized spacial score (nSPS) is 19.3. The van der Waals surface area contributed by atoms with Crippen LogP contribution in [0.4, 0.5) is 0 Å². The van der Waals surface area contributed by atoms with Crippen LogP contribution in [0.5, 0.6) is 0 Å². The monoisotopic (exact) mass is 327 g/mol. The fourth-order valence-electron chi connectivity index (χ4n) is 2.90. The number of fused-ring (bicyclic) bond motifs is 2. The largest absolute Gasteiger partial charge is 0.315 e. The fourth-order valence-corrected chi connectivity index (χ4v) is 3.10. The number of benzene rings is 1. The average Bonchev–Trinajstić information content (AvgIpc) is 3.15. The van der Waals surface area contributed by atoms with Gasteiger partial charge >= 0.3 is 0 Å². The van der Waals surface area contributed by atoms with Crippen LogP contribution < -0.4 is 0 Å². The number of amidine groups is 2. The van der Waals surface area contributed by atoms with Gasteiger partial charge in [0.1, 0.15) is 11.5 Å². The average molecular weight is 328 g/mol. The Morgan fingerprint density at radius 3 is 2.83 bits per heavy atom. The third-order valence-corrected chi connectivity index (χ3v) is 4.48. The second kappa shape index (κ2) is 5.49. The van der Waals surface area contributed by atoms with E-state index in [0.29, 0.717) is 12.5 Å². The molecular weight excluding hydrogens is 310 g/mol. The van der Waals surface area contributed by atoms with E-state index in [1.165, 1.54) is 0 Å². The molecule has 3 aliphatic heterocycles. The maximum absolute atomic E-state index is 6.35. The highest BCUT2D eigenvalue weighted by Gasteiger charge is 2.35. The van der Waals surface area contributed by atoms with Gasteiger partial charge in [-0.15, -0.1) is 0 Å². The van der Waals surface area contributed by atoms with Gasteiger partial charge in [-0.05, 0) is 11.6 Å². The zero-order valence-electron chi connectivity index (χ0n) is 13.2. The number of guanidine groups is 1. The van der Waals surface area contributed by atoms with Gasteiger partial charge in [0.05, 0.1) is 13.1 Å². The van der Waals surface area contributed by atoms with E-state index < -0.39 is 0 Å². The molecule has 0 N–H and O–H groups in total. The van der Waals surface area contributed by atoms with E-state index in [1.807, 2.05) is 24.3 Å². The highest BCUT2D eigenvalue weighted by Crippen LogP contribution is 2.28. The van der Waals surface area contributed by atoms with Crippen molar-refractivity contribution in [1.82, 2.24) is 9.80 Å². The van der Waals surface area contributed by atoms with Crippen molar-refractivity contribution in [3.63, 3.8) is 0 Å². The van der Waals surface area contributed by atoms with Gasteiger partial charge in [-0.1, -0.05) is 43.6 Å². The minimum atomic E-state index is 0.299. The molecule has 0 aromatic heterocycles. The van der Waals surface area contributed by atoms with Crippen LogP contribution in [0.1, 0.15) is 19.4 Å². The van der Waals surface area contributed by atoms with Gasteiger partial charge < -0.3 is 4.90 Å². The van der Waals surface area contributed by atoms with Crippen LogP contribution >= 0.6 is 11.6 Å². The standard InChI is InChI=1S/C17H18ClN5/c1-11(2)15-20-14-10-22-8-7-19-17(22)23(16(14)21-15)9-12-5-3-4-6-13(12)18/h3-6,10-11H,7-9H2,1-2H3. The van der Waals surface area contributed by atoms with Crippen LogP contribution in [0.25, 0.3) is 0 Å². The summed E-state index contributed by atoms with van der Waals surface area (Å²) < 4.78 is 0. The molecule has 0 aliphatic carbocycles. The molecule has 0 bridgehead atoms. The lowest BCUT2D eigenvalue weighted by molar-refractivity contribution is 0.480. The van der Waals surface area contributed by atoms with E-state index in [1.54, 1.807) is 0 Å². The molecule has 1 aromatic carbocycles. The Kier molecular flexibility index (Phi) is 3.45. The Labute approximate surface area is 140 Å². The van der Waals surface area contributed by atoms with Crippen molar-refractivity contribution in [2.45, 2.75) is 20.4 Å². The van der Waals surface area contributed by atoms with Crippen molar-refractivity contribution in [2.75, 3.05) is 13.1 Å². The third kappa shape index (κ3) is 2.45. The second-order valence-corrected chi connectivity index (χ2v) is 6.53. The van der Waals surface area contributed by atoms with Gasteiger partial charge in [0.2, 0.25) is 5.96 Å². The first kappa shape index (κ1) is 14.5. The zero-order valence-corrected chi connectivity index (χ0v) is 14.0. The summed E-state index contributed by atoms with van der Waals surface area (Å²) in [6.45, 7) is 6.55. The first-order valence-corrected chi connectivity index (χ1v) is 8.23. The van der Waals surface area contributed by atoms with E-state index >= 15 is 0 Å². The molecule has 0 radical (unpaired) electrons. The molecule has 5 nitrogen and oxygen atoms in total. The summed E-state index contributed by atoms with van der Waals surface area (Å²) in [4.78, 5) is 18.4. The molecule has 0 spiro atoms. The van der Waals surface area contributed by atoms with Crippen LogP contribution in [0.15, 0.2) is 51.1 Å². The Morgan fingerprint density at radius 1 is 1.22 bits per heavy atom. The van der Waals surface area contributed by atoms with Crippen LogP contribution in [0, 0.1) is 5.92 Å². The van der Waals surface area contributed by atoms with E-state index in [4.69, 9.17) is 16.6 Å². The summed E-state index contributed by atoms with van der Waals surface area (Å²) in [5.74, 6) is 2.99. The summed E-state index contributed by atoms with van der Waals surface area (Å²) in [5.41, 5.74) is 1.98. The second-order valence-electron chi connectivity index (χ2n) is 6.13. The molecule has 0 atom stereocenters. The molecule has 4 rings (SSSR count). The molecule has 23 heavy (non-hydrogen) atoms. The molecule has 0 saturated heterocycles. The lowest BCUT2D eigenvalue weighted by Crippen LogP contribution is -2.46. The highest BCUT2D eigenvalue weighted by atomic mass is 35.5. The van der Waals surface area contributed by atoms with Crippen molar-refractivity contribution in [3.05, 3.63) is 46.7 Å². The number of nitrogens with zero attached hydrogens (tertiary/aromatic N) is 5. The van der Waals surface area contributed by atoms with Crippen molar-refractivity contribution in [3.8, 4) is 0 Å². The number of rotatable bonds is 3. The van der Waals surface area contributed by atoms with Crippen molar-refractivity contribution in [1.29, 1.82) is 0 Å². The fraction of sp³-hybridized carbons (Fsp3) is 0.353. The molecule has 0 unspecified atom stereocenters. The number of hydrogen-bond acceptors (Lipinski definition) is 5. The number of halogens is 1. The predicted octanol–water partition coefficient (Wildman–Crippen LogP) is 3.14. The maximum Gasteiger partial charge on any atom is 0.207 e. The topological polar surface area (TPSA) is 43.6 Å². The summed E-state index contributed by atoms with van der Waals surface area (Å²) in [7, 11) is 0. The Hall–Kier alpha value is -2.14. The van der Waals surface area contributed by atoms with Crippen LogP contribution in [0.3, 0.4) is 0 Å². The van der Waals surface area contributed by atoms with Crippen molar-refractivity contribution in [2.24, 2.45) is 20.9 Å². The lowest BCUT2D eigenvalue weighted by atomic mass is 10.2. The maximum atomic E-state index is 6.35. The van der Waals surface area contributed by atoms with E-state index in [0.717, 1.165) is 47.0 Å². The zero-order chi connectivity index (χ0) is 16.0. The first-order chi connectivity index (χ1) is 11.1. The molecule has 1 aromatic rings. The van der Waals surface area contributed by atoms with Crippen LogP contribution in [-0.2, 0) is 6.54 Å². The van der Waals surface area contributed by atoms with Gasteiger partial charge in [-0.25, -0.2) is 9.98 Å². The predicted molar refractivity (Wildman–Crippen MR) is 93.8 cm³/mol. The molecule has 0 amide bonds.